The molecular formula is C48H46N8O7S2. The molecular weight excluding hydrogens is 865 g/mol. The van der Waals surface area contributed by atoms with Crippen LogP contribution >= 0.6 is 23.5 Å². The highest BCUT2D eigenvalue weighted by molar-refractivity contribution is 8.00. The van der Waals surface area contributed by atoms with Gasteiger partial charge in [-0.15, -0.1) is 0 Å². The van der Waals surface area contributed by atoms with E-state index in [0.29, 0.717) is 47.7 Å². The number of aromatic nitrogens is 6. The van der Waals surface area contributed by atoms with E-state index in [1.54, 1.807) is 17.0 Å². The van der Waals surface area contributed by atoms with E-state index in [-0.39, 0.29) is 23.3 Å². The van der Waals surface area contributed by atoms with E-state index in [0.717, 1.165) is 46.3 Å². The van der Waals surface area contributed by atoms with Gasteiger partial charge in [0.2, 0.25) is 11.8 Å². The highest BCUT2D eigenvalue weighted by Crippen LogP contribution is 2.28. The molecule has 0 radical (unpaired) electrons. The molecule has 4 N–H and O–H groups in total. The third kappa shape index (κ3) is 10.9. The Hall–Kier alpha value is -7.24. The number of para-hydroxylation sites is 8. The van der Waals surface area contributed by atoms with Gasteiger partial charge in [-0.3, -0.25) is 9.59 Å². The van der Waals surface area contributed by atoms with Crippen molar-refractivity contribution in [2.45, 2.75) is 48.1 Å². The average Bonchev–Trinajstić information content (AvgIpc) is 4.19. The topological polar surface area (TPSA) is 192 Å². The summed E-state index contributed by atoms with van der Waals surface area (Å²) in [5.41, 5.74) is 5.18. The van der Waals surface area contributed by atoms with E-state index in [1.807, 2.05) is 143 Å². The Balaban J connectivity index is 0.000000149. The predicted octanol–water partition coefficient (Wildman–Crippen LogP) is 7.96. The summed E-state index contributed by atoms with van der Waals surface area (Å²) in [6.45, 7) is 1.08. The van der Waals surface area contributed by atoms with E-state index in [9.17, 15) is 24.3 Å². The number of carboxylic acids is 1. The van der Waals surface area contributed by atoms with Crippen LogP contribution in [0.15, 0.2) is 156 Å². The Morgan fingerprint density at radius 1 is 0.600 bits per heavy atom. The Kier molecular flexibility index (Phi) is 14.3. The van der Waals surface area contributed by atoms with Crippen LogP contribution in [-0.2, 0) is 19.2 Å². The Labute approximate surface area is 382 Å². The summed E-state index contributed by atoms with van der Waals surface area (Å²) < 4.78 is 9.52. The molecule has 0 bridgehead atoms. The molecule has 0 saturated carbocycles. The van der Waals surface area contributed by atoms with Gasteiger partial charge in [-0.1, -0.05) is 72.1 Å². The number of aromatic amines is 2. The molecule has 10 rings (SSSR count). The maximum atomic E-state index is 13.0. The molecule has 17 heteroatoms. The number of amides is 2. The molecule has 2 atom stereocenters. The number of H-pyrrole nitrogens is 2. The molecule has 4 aromatic heterocycles. The summed E-state index contributed by atoms with van der Waals surface area (Å²) in [6.07, 6.45) is 10.3. The minimum Gasteiger partial charge on any atom is -0.506 e. The summed E-state index contributed by atoms with van der Waals surface area (Å²) in [5, 5.41) is 19.9. The number of hydrogen-bond acceptors (Lipinski definition) is 10. The number of esters is 1. The van der Waals surface area contributed by atoms with Crippen LogP contribution in [-0.4, -0.2) is 110 Å². The first-order valence-electron chi connectivity index (χ1n) is 21.0. The lowest BCUT2D eigenvalue weighted by atomic mass is 10.2. The van der Waals surface area contributed by atoms with Gasteiger partial charge < -0.3 is 43.9 Å². The summed E-state index contributed by atoms with van der Waals surface area (Å²) in [6, 6.07) is 36.5. The van der Waals surface area contributed by atoms with Crippen molar-refractivity contribution in [1.29, 1.82) is 0 Å². The molecule has 4 aromatic carbocycles. The van der Waals surface area contributed by atoms with Crippen LogP contribution in [0.5, 0.6) is 11.5 Å². The fraction of sp³-hybridized carbons (Fsp3) is 0.208. The molecule has 332 valence electrons. The fourth-order valence-corrected chi connectivity index (χ4v) is 9.20. The summed E-state index contributed by atoms with van der Waals surface area (Å²) >= 11 is 2.65. The highest BCUT2D eigenvalue weighted by atomic mass is 32.2. The number of nitrogens with zero attached hydrogens (tertiary/aromatic N) is 6. The number of phenols is 1. The maximum absolute atomic E-state index is 13.0. The van der Waals surface area contributed by atoms with Gasteiger partial charge in [0, 0.05) is 37.9 Å². The lowest BCUT2D eigenvalue weighted by Crippen LogP contribution is -2.43. The quantitative estimate of drug-likeness (QED) is 0.0560. The zero-order valence-electron chi connectivity index (χ0n) is 35.1. The average molecular weight is 911 g/mol. The zero-order valence-corrected chi connectivity index (χ0v) is 36.7. The van der Waals surface area contributed by atoms with Gasteiger partial charge in [-0.25, -0.2) is 19.6 Å². The van der Waals surface area contributed by atoms with Crippen LogP contribution in [0.25, 0.3) is 33.4 Å². The van der Waals surface area contributed by atoms with Crippen molar-refractivity contribution in [2.75, 3.05) is 24.6 Å². The van der Waals surface area contributed by atoms with Crippen molar-refractivity contribution in [3.8, 4) is 22.9 Å². The van der Waals surface area contributed by atoms with Crippen molar-refractivity contribution >= 4 is 69.3 Å². The lowest BCUT2D eigenvalue weighted by molar-refractivity contribution is -0.147. The smallest absolute Gasteiger partial charge is 0.334 e. The standard InChI is InChI=1S/C24H22N4O3S.C14H15N3O3S.C10H9NO/c29-22(16-32-24-25-17-8-1-2-9-18(17)26-24)28-15-7-11-20(28)23(30)31-21-12-4-3-10-19(21)27-13-5-6-14-27;18-12(17-7-3-6-11(17)13(19)20)8-21-14-15-9-4-1-2-5-10(9)16-14;12-10-6-2-1-5-9(10)11-7-3-4-8-11/h1-6,8-10,12-14,20H,7,11,15-16H2,(H,25,26);1-2,4-5,11H,3,6-8H2,(H,15,16)(H,19,20);1-8,12H/t20-;11-;/m00./s1. The molecule has 0 unspecified atom stereocenters. The van der Waals surface area contributed by atoms with E-state index >= 15 is 0 Å². The predicted molar refractivity (Wildman–Crippen MR) is 250 cm³/mol. The number of hydrogen-bond donors (Lipinski definition) is 4. The number of phenolic OH excluding ortho intramolecular Hbond substituents is 1. The second-order valence-corrected chi connectivity index (χ2v) is 17.0. The molecule has 65 heavy (non-hydrogen) atoms. The van der Waals surface area contributed by atoms with Gasteiger partial charge in [-0.05, 0) is 98.5 Å². The van der Waals surface area contributed by atoms with Gasteiger partial charge in [-0.2, -0.15) is 0 Å². The molecule has 2 saturated heterocycles. The highest BCUT2D eigenvalue weighted by Gasteiger charge is 2.36. The van der Waals surface area contributed by atoms with Crippen LogP contribution in [0.3, 0.4) is 0 Å². The molecule has 0 spiro atoms. The number of aromatic hydroxyl groups is 1. The van der Waals surface area contributed by atoms with E-state index in [2.05, 4.69) is 19.9 Å². The van der Waals surface area contributed by atoms with Crippen LogP contribution in [0.1, 0.15) is 25.7 Å². The van der Waals surface area contributed by atoms with Crippen LogP contribution in [0, 0.1) is 0 Å². The van der Waals surface area contributed by atoms with E-state index in [4.69, 9.17) is 9.84 Å². The van der Waals surface area contributed by atoms with Gasteiger partial charge in [0.1, 0.15) is 17.8 Å². The monoisotopic (exact) mass is 910 g/mol. The second kappa shape index (κ2) is 21.0. The zero-order chi connectivity index (χ0) is 45.1. The van der Waals surface area contributed by atoms with Gasteiger partial charge in [0.15, 0.2) is 16.1 Å². The van der Waals surface area contributed by atoms with Gasteiger partial charge in [0.25, 0.3) is 0 Å². The number of ether oxygens (including phenoxy) is 1. The molecule has 2 fully saturated rings. The first kappa shape index (κ1) is 44.4. The first-order valence-corrected chi connectivity index (χ1v) is 23.0. The number of carboxylic acid groups (broad SMARTS) is 1. The number of rotatable bonds is 11. The molecule has 0 aliphatic carbocycles. The largest absolute Gasteiger partial charge is 0.506 e. The fourth-order valence-electron chi connectivity index (χ4n) is 7.66. The molecule has 2 amide bonds. The van der Waals surface area contributed by atoms with Crippen LogP contribution in [0.2, 0.25) is 0 Å². The number of imidazole rings is 2. The Bertz CT molecular complexity index is 2810. The van der Waals surface area contributed by atoms with Crippen molar-refractivity contribution < 1.29 is 34.1 Å². The van der Waals surface area contributed by atoms with Crippen LogP contribution in [0.4, 0.5) is 0 Å². The van der Waals surface area contributed by atoms with Crippen molar-refractivity contribution in [2.24, 2.45) is 0 Å². The van der Waals surface area contributed by atoms with Crippen LogP contribution < -0.4 is 4.74 Å². The van der Waals surface area contributed by atoms with Gasteiger partial charge >= 0.3 is 11.9 Å². The van der Waals surface area contributed by atoms with E-state index in [1.165, 1.54) is 28.4 Å². The van der Waals surface area contributed by atoms with Crippen molar-refractivity contribution in [3.05, 3.63) is 146 Å². The Morgan fingerprint density at radius 2 is 1.06 bits per heavy atom. The molecule has 8 aromatic rings. The normalized spacial score (nSPS) is 15.6. The Morgan fingerprint density at radius 3 is 1.60 bits per heavy atom. The number of likely N-dealkylation sites (tertiary alicyclic amines) is 2. The SMILES string of the molecule is O=C(O)[C@@H]1CCCN1C(=O)CSc1nc2ccccc2[nH]1.O=C(Oc1ccccc1-n1cccc1)[C@@H]1CCCN1C(=O)CSc1nc2ccccc2[nH]1.Oc1ccccc1-n1cccc1. The summed E-state index contributed by atoms with van der Waals surface area (Å²) in [7, 11) is 0. The number of aliphatic carboxylic acids is 1. The summed E-state index contributed by atoms with van der Waals surface area (Å²) in [5.74, 6) is -0.372. The van der Waals surface area contributed by atoms with Crippen molar-refractivity contribution in [1.82, 2.24) is 38.9 Å². The van der Waals surface area contributed by atoms with Gasteiger partial charge in [0.05, 0.1) is 44.9 Å². The maximum Gasteiger partial charge on any atom is 0.334 e. The van der Waals surface area contributed by atoms with Crippen molar-refractivity contribution in [3.63, 3.8) is 0 Å². The van der Waals surface area contributed by atoms with E-state index < -0.39 is 24.0 Å². The number of carbonyl (C=O) groups is 4. The number of carbonyl (C=O) groups excluding carboxylic acids is 3. The molecule has 2 aliphatic heterocycles. The third-order valence-corrected chi connectivity index (χ3v) is 12.5. The molecule has 6 heterocycles. The molecule has 2 aliphatic rings. The number of benzene rings is 4. The third-order valence-electron chi connectivity index (χ3n) is 10.8. The minimum atomic E-state index is -0.922. The number of nitrogens with one attached hydrogen (secondary N) is 2. The number of fused-ring (bicyclic) bond motifs is 2. The molecule has 15 nitrogen and oxygen atoms in total. The second-order valence-electron chi connectivity index (χ2n) is 15.1. The minimum absolute atomic E-state index is 0.0893. The first-order chi connectivity index (χ1) is 31.7. The lowest BCUT2D eigenvalue weighted by Gasteiger charge is -2.23. The number of thioether (sulfide) groups is 2. The summed E-state index contributed by atoms with van der Waals surface area (Å²) in [4.78, 5) is 67.5.